The first-order valence-corrected chi connectivity index (χ1v) is 13.3. The molecule has 2 heterocycles. The number of amides is 1. The van der Waals surface area contributed by atoms with Gasteiger partial charge in [-0.2, -0.15) is 31.4 Å². The van der Waals surface area contributed by atoms with Gasteiger partial charge in [-0.3, -0.25) is 9.48 Å². The molecule has 2 fully saturated rings. The lowest BCUT2D eigenvalue weighted by molar-refractivity contribution is -0.193. The average Bonchev–Trinajstić information content (AvgIpc) is 3.79. The highest BCUT2D eigenvalue weighted by atomic mass is 32.1. The number of nitrogens with zero attached hydrogens (tertiary/aromatic N) is 2. The van der Waals surface area contributed by atoms with E-state index in [4.69, 9.17) is 19.8 Å². The number of aliphatic carboxylic acids is 2. The fraction of sp³-hybridized carbons (Fsp3) is 0.385. The van der Waals surface area contributed by atoms with Gasteiger partial charge in [0.1, 0.15) is 11.5 Å². The quantitative estimate of drug-likeness (QED) is 0.256. The van der Waals surface area contributed by atoms with Gasteiger partial charge in [0, 0.05) is 30.6 Å². The van der Waals surface area contributed by atoms with Crippen LogP contribution in [0.5, 0.6) is 0 Å². The summed E-state index contributed by atoms with van der Waals surface area (Å²) in [6, 6.07) is 14.6. The van der Waals surface area contributed by atoms with Crippen LogP contribution in [-0.4, -0.2) is 62.8 Å². The number of carbonyl (C=O) groups is 3. The van der Waals surface area contributed by atoms with E-state index in [9.17, 15) is 31.1 Å². The number of alkyl halides is 6. The van der Waals surface area contributed by atoms with E-state index in [0.717, 1.165) is 23.0 Å². The smallest absolute Gasteiger partial charge is 0.475 e. The summed E-state index contributed by atoms with van der Waals surface area (Å²) in [5.41, 5.74) is 2.83. The van der Waals surface area contributed by atoms with Gasteiger partial charge in [0.2, 0.25) is 0 Å². The largest absolute Gasteiger partial charge is 0.490 e. The Morgan fingerprint density at radius 3 is 2.14 bits per heavy atom. The van der Waals surface area contributed by atoms with Gasteiger partial charge >= 0.3 is 24.3 Å². The number of nitrogens with one attached hydrogen (secondary N) is 2. The topological polar surface area (TPSA) is 134 Å². The highest BCUT2D eigenvalue weighted by Gasteiger charge is 2.40. The number of carboxylic acid groups (broad SMARTS) is 2. The summed E-state index contributed by atoms with van der Waals surface area (Å²) in [7, 11) is 1.85. The van der Waals surface area contributed by atoms with Crippen LogP contribution < -0.4 is 10.6 Å². The number of aryl methyl sites for hydroxylation is 1. The third-order valence-corrected chi connectivity index (χ3v) is 7.01. The number of halogens is 6. The van der Waals surface area contributed by atoms with Gasteiger partial charge in [0.25, 0.3) is 5.91 Å². The molecule has 2 aliphatic rings. The predicted molar refractivity (Wildman–Crippen MR) is 140 cm³/mol. The summed E-state index contributed by atoms with van der Waals surface area (Å²) in [6.07, 6.45) is -6.24. The third-order valence-electron chi connectivity index (χ3n) is 6.11. The van der Waals surface area contributed by atoms with Crippen molar-refractivity contribution < 1.29 is 50.9 Å². The van der Waals surface area contributed by atoms with E-state index in [1.54, 1.807) is 16.0 Å². The maximum atomic E-state index is 12.8. The molecule has 3 aromatic rings. The van der Waals surface area contributed by atoms with Crippen molar-refractivity contribution in [3.05, 3.63) is 59.0 Å². The van der Waals surface area contributed by atoms with Gasteiger partial charge in [-0.15, -0.1) is 11.3 Å². The molecule has 16 heteroatoms. The van der Waals surface area contributed by atoms with Gasteiger partial charge in [0.15, 0.2) is 0 Å². The molecule has 228 valence electrons. The minimum Gasteiger partial charge on any atom is -0.475 e. The van der Waals surface area contributed by atoms with Crippen LogP contribution in [0, 0.1) is 5.92 Å². The number of carbonyl (C=O) groups excluding carboxylic acids is 1. The van der Waals surface area contributed by atoms with Crippen LogP contribution in [0.2, 0.25) is 0 Å². The number of aromatic nitrogens is 2. The molecule has 1 amide bonds. The van der Waals surface area contributed by atoms with Crippen LogP contribution in [-0.2, 0) is 16.6 Å². The molecule has 0 spiro atoms. The Hall–Kier alpha value is -3.92. The van der Waals surface area contributed by atoms with Crippen LogP contribution in [0.3, 0.4) is 0 Å². The van der Waals surface area contributed by atoms with E-state index in [0.29, 0.717) is 23.3 Å². The Morgan fingerprint density at radius 1 is 1.00 bits per heavy atom. The highest BCUT2D eigenvalue weighted by Crippen LogP contribution is 2.42. The minimum atomic E-state index is -5.08. The Balaban J connectivity index is 0.000000289. The van der Waals surface area contributed by atoms with Gasteiger partial charge in [-0.1, -0.05) is 18.2 Å². The van der Waals surface area contributed by atoms with Crippen LogP contribution in [0.1, 0.15) is 41.1 Å². The molecule has 0 aliphatic heterocycles. The molecule has 0 radical (unpaired) electrons. The lowest BCUT2D eigenvalue weighted by atomic mass is 10.1. The normalized spacial score (nSPS) is 17.7. The first-order valence-electron chi connectivity index (χ1n) is 12.4. The lowest BCUT2D eigenvalue weighted by Crippen LogP contribution is -2.21. The molecule has 2 aliphatic carbocycles. The summed E-state index contributed by atoms with van der Waals surface area (Å²) >= 11 is 1.64. The fourth-order valence-corrected chi connectivity index (χ4v) is 4.34. The van der Waals surface area contributed by atoms with Crippen molar-refractivity contribution in [3.63, 3.8) is 0 Å². The van der Waals surface area contributed by atoms with E-state index in [-0.39, 0.29) is 5.91 Å². The zero-order valence-corrected chi connectivity index (χ0v) is 22.7. The van der Waals surface area contributed by atoms with E-state index < -0.39 is 24.3 Å². The SMILES string of the molecule is Cn1nc(-c2cccs2)cc1NC(=O)c1cccc([C@@H]2C[C@H]2NCC2CC2)c1.O=C(O)C(F)(F)F.O=C(O)C(F)(F)F. The monoisotopic (exact) mass is 620 g/mol. The number of carboxylic acids is 2. The molecule has 0 unspecified atom stereocenters. The fourth-order valence-electron chi connectivity index (χ4n) is 3.66. The predicted octanol–water partition coefficient (Wildman–Crippen LogP) is 5.52. The first-order chi connectivity index (χ1) is 19.6. The zero-order chi connectivity index (χ0) is 31.2. The minimum absolute atomic E-state index is 0.0919. The summed E-state index contributed by atoms with van der Waals surface area (Å²) < 4.78 is 65.2. The maximum Gasteiger partial charge on any atom is 0.490 e. The van der Waals surface area contributed by atoms with Crippen molar-refractivity contribution in [1.29, 1.82) is 0 Å². The number of hydrogen-bond acceptors (Lipinski definition) is 6. The molecular formula is C26H26F6N4O5S. The number of thiophene rings is 1. The van der Waals surface area contributed by atoms with Gasteiger partial charge in [-0.05, 0) is 60.9 Å². The van der Waals surface area contributed by atoms with E-state index in [2.05, 4.69) is 21.8 Å². The number of benzene rings is 1. The second-order valence-corrected chi connectivity index (χ2v) is 10.4. The van der Waals surface area contributed by atoms with Crippen molar-refractivity contribution in [2.24, 2.45) is 13.0 Å². The number of hydrogen-bond donors (Lipinski definition) is 4. The average molecular weight is 621 g/mol. The van der Waals surface area contributed by atoms with Crippen LogP contribution >= 0.6 is 11.3 Å². The number of rotatable bonds is 7. The second kappa shape index (κ2) is 13.4. The Labute approximate surface area is 239 Å². The van der Waals surface area contributed by atoms with E-state index in [1.165, 1.54) is 24.8 Å². The molecule has 1 aromatic carbocycles. The maximum absolute atomic E-state index is 12.8. The molecule has 2 aromatic heterocycles. The Morgan fingerprint density at radius 2 is 1.62 bits per heavy atom. The Bertz CT molecular complexity index is 1360. The molecule has 2 saturated carbocycles. The van der Waals surface area contributed by atoms with Crippen LogP contribution in [0.15, 0.2) is 47.8 Å². The van der Waals surface area contributed by atoms with Crippen LogP contribution in [0.25, 0.3) is 10.6 Å². The molecule has 0 bridgehead atoms. The van der Waals surface area contributed by atoms with Crippen molar-refractivity contribution in [3.8, 4) is 10.6 Å². The summed E-state index contributed by atoms with van der Waals surface area (Å²) in [4.78, 5) is 31.7. The zero-order valence-electron chi connectivity index (χ0n) is 21.9. The van der Waals surface area contributed by atoms with E-state index >= 15 is 0 Å². The highest BCUT2D eigenvalue weighted by molar-refractivity contribution is 7.13. The van der Waals surface area contributed by atoms with Crippen molar-refractivity contribution >= 4 is 35.0 Å². The molecule has 2 atom stereocenters. The molecule has 0 saturated heterocycles. The van der Waals surface area contributed by atoms with Gasteiger partial charge < -0.3 is 20.8 Å². The van der Waals surface area contributed by atoms with Crippen molar-refractivity contribution in [2.75, 3.05) is 11.9 Å². The third kappa shape index (κ3) is 9.87. The molecular weight excluding hydrogens is 594 g/mol. The molecule has 5 rings (SSSR count). The standard InChI is InChI=1S/C22H24N4OS.2C2HF3O2/c1-26-21(12-19(25-26)20-6-3-9-28-20)24-22(27)16-5-2-4-15(10-16)17-11-18(17)23-13-14-7-8-14;2*3-2(4,5)1(6)7/h2-6,9-10,12,14,17-18,23H,7-8,11,13H2,1H3,(H,24,27);2*(H,6,7)/t17-,18+;;/m0../s1. The molecule has 9 nitrogen and oxygen atoms in total. The summed E-state index contributed by atoms with van der Waals surface area (Å²) in [5, 5.41) is 27.5. The van der Waals surface area contributed by atoms with E-state index in [1.807, 2.05) is 48.8 Å². The van der Waals surface area contributed by atoms with Gasteiger partial charge in [-0.25, -0.2) is 9.59 Å². The second-order valence-electron chi connectivity index (χ2n) is 9.50. The van der Waals surface area contributed by atoms with Crippen molar-refractivity contribution in [2.45, 2.75) is 43.6 Å². The molecule has 42 heavy (non-hydrogen) atoms. The van der Waals surface area contributed by atoms with Crippen LogP contribution in [0.4, 0.5) is 32.2 Å². The van der Waals surface area contributed by atoms with Crippen molar-refractivity contribution in [1.82, 2.24) is 15.1 Å². The van der Waals surface area contributed by atoms with Gasteiger partial charge in [0.05, 0.1) is 4.88 Å². The Kier molecular flexibility index (Phi) is 10.4. The summed E-state index contributed by atoms with van der Waals surface area (Å²) in [5.74, 6) is -3.47. The first kappa shape index (κ1) is 32.6. The summed E-state index contributed by atoms with van der Waals surface area (Å²) in [6.45, 7) is 1.15. The molecule has 4 N–H and O–H groups in total. The lowest BCUT2D eigenvalue weighted by Gasteiger charge is -2.07. The number of anilines is 1.